The molecular formula is C36H25N. The van der Waals surface area contributed by atoms with Crippen LogP contribution in [0.3, 0.4) is 0 Å². The number of para-hydroxylation sites is 1. The lowest BCUT2D eigenvalue weighted by atomic mass is 9.94. The Bertz CT molecular complexity index is 1850. The highest BCUT2D eigenvalue weighted by Crippen LogP contribution is 2.43. The predicted octanol–water partition coefficient (Wildman–Crippen LogP) is 10.3. The third-order valence-corrected chi connectivity index (χ3v) is 7.22. The molecule has 0 aromatic heterocycles. The van der Waals surface area contributed by atoms with Crippen LogP contribution in [0.4, 0.5) is 17.1 Å². The molecule has 1 heteroatoms. The van der Waals surface area contributed by atoms with E-state index in [1.807, 2.05) is 0 Å². The molecule has 0 saturated heterocycles. The molecule has 0 unspecified atom stereocenters. The van der Waals surface area contributed by atoms with Crippen LogP contribution in [0.2, 0.25) is 0 Å². The fourth-order valence-electron chi connectivity index (χ4n) is 5.48. The van der Waals surface area contributed by atoms with Crippen molar-refractivity contribution in [2.75, 3.05) is 4.90 Å². The smallest absolute Gasteiger partial charge is 0.0546 e. The number of fused-ring (bicyclic) bond motifs is 5. The van der Waals surface area contributed by atoms with Crippen molar-refractivity contribution < 1.29 is 0 Å². The van der Waals surface area contributed by atoms with Gasteiger partial charge in [0.25, 0.3) is 0 Å². The van der Waals surface area contributed by atoms with E-state index in [4.69, 9.17) is 0 Å². The summed E-state index contributed by atoms with van der Waals surface area (Å²) in [6.07, 6.45) is 0. The van der Waals surface area contributed by atoms with E-state index >= 15 is 0 Å². The molecule has 0 atom stereocenters. The lowest BCUT2D eigenvalue weighted by Crippen LogP contribution is -2.10. The van der Waals surface area contributed by atoms with Crippen LogP contribution < -0.4 is 4.90 Å². The molecule has 7 rings (SSSR count). The van der Waals surface area contributed by atoms with Crippen molar-refractivity contribution in [3.63, 3.8) is 0 Å². The number of anilines is 3. The van der Waals surface area contributed by atoms with Crippen molar-refractivity contribution in [2.24, 2.45) is 0 Å². The molecule has 0 amide bonds. The van der Waals surface area contributed by atoms with Gasteiger partial charge in [0, 0.05) is 16.8 Å². The predicted molar refractivity (Wildman–Crippen MR) is 159 cm³/mol. The first kappa shape index (κ1) is 21.4. The summed E-state index contributed by atoms with van der Waals surface area (Å²) in [7, 11) is 0. The number of hydrogen-bond acceptors (Lipinski definition) is 1. The Hall–Kier alpha value is -4.88. The molecule has 1 nitrogen and oxygen atoms in total. The first-order valence-electron chi connectivity index (χ1n) is 12.7. The molecule has 0 spiro atoms. The Kier molecular flexibility index (Phi) is 5.19. The second-order valence-corrected chi connectivity index (χ2v) is 9.41. The van der Waals surface area contributed by atoms with E-state index in [0.29, 0.717) is 0 Å². The molecule has 0 fully saturated rings. The number of benzene rings is 7. The van der Waals surface area contributed by atoms with Gasteiger partial charge in [0.05, 0.1) is 5.69 Å². The summed E-state index contributed by atoms with van der Waals surface area (Å²) in [5.74, 6) is 0. The number of rotatable bonds is 4. The molecule has 0 bridgehead atoms. The Morgan fingerprint density at radius 1 is 0.324 bits per heavy atom. The highest BCUT2D eigenvalue weighted by Gasteiger charge is 2.17. The Morgan fingerprint density at radius 3 is 1.62 bits per heavy atom. The second-order valence-electron chi connectivity index (χ2n) is 9.41. The zero-order chi connectivity index (χ0) is 24.6. The van der Waals surface area contributed by atoms with Crippen LogP contribution in [-0.4, -0.2) is 0 Å². The molecule has 0 radical (unpaired) electrons. The van der Waals surface area contributed by atoms with Gasteiger partial charge < -0.3 is 4.90 Å². The van der Waals surface area contributed by atoms with Crippen LogP contribution in [0.5, 0.6) is 0 Å². The Labute approximate surface area is 216 Å². The van der Waals surface area contributed by atoms with Gasteiger partial charge in [-0.05, 0) is 68.4 Å². The SMILES string of the molecule is c1ccc(-c2ccc(N(c3ccccc3)c3cccc4ccc5ccc6ccccc6c5c34)cc2)cc1. The largest absolute Gasteiger partial charge is 0.310 e. The summed E-state index contributed by atoms with van der Waals surface area (Å²) in [6.45, 7) is 0. The van der Waals surface area contributed by atoms with Crippen molar-refractivity contribution in [1.82, 2.24) is 0 Å². The van der Waals surface area contributed by atoms with Crippen molar-refractivity contribution in [2.45, 2.75) is 0 Å². The molecule has 0 heterocycles. The van der Waals surface area contributed by atoms with Gasteiger partial charge in [-0.25, -0.2) is 0 Å². The van der Waals surface area contributed by atoms with Crippen molar-refractivity contribution >= 4 is 49.4 Å². The lowest BCUT2D eigenvalue weighted by molar-refractivity contribution is 1.30. The van der Waals surface area contributed by atoms with Crippen LogP contribution in [-0.2, 0) is 0 Å². The quantitative estimate of drug-likeness (QED) is 0.231. The summed E-state index contributed by atoms with van der Waals surface area (Å²) < 4.78 is 0. The van der Waals surface area contributed by atoms with Gasteiger partial charge >= 0.3 is 0 Å². The number of nitrogens with zero attached hydrogens (tertiary/aromatic N) is 1. The van der Waals surface area contributed by atoms with Crippen molar-refractivity contribution in [3.05, 3.63) is 152 Å². The van der Waals surface area contributed by atoms with Gasteiger partial charge in [0.15, 0.2) is 0 Å². The third kappa shape index (κ3) is 3.73. The van der Waals surface area contributed by atoms with E-state index in [0.717, 1.165) is 11.4 Å². The standard InChI is InChI=1S/C36H25N/c1-3-10-26(11-4-1)27-22-24-32(25-23-27)37(31-14-5-2-6-15-31)34-17-9-13-29-20-21-30-19-18-28-12-7-8-16-33(28)35(30)36(29)34/h1-25H. The fraction of sp³-hybridized carbons (Fsp3) is 0. The van der Waals surface area contributed by atoms with Crippen molar-refractivity contribution in [3.8, 4) is 11.1 Å². The molecule has 0 aliphatic heterocycles. The van der Waals surface area contributed by atoms with Gasteiger partial charge in [-0.2, -0.15) is 0 Å². The van der Waals surface area contributed by atoms with Gasteiger partial charge in [-0.1, -0.05) is 121 Å². The average molecular weight is 472 g/mol. The molecule has 0 aliphatic carbocycles. The van der Waals surface area contributed by atoms with E-state index < -0.39 is 0 Å². The van der Waals surface area contributed by atoms with Crippen LogP contribution in [0.1, 0.15) is 0 Å². The maximum absolute atomic E-state index is 2.39. The van der Waals surface area contributed by atoms with E-state index in [2.05, 4.69) is 157 Å². The van der Waals surface area contributed by atoms with Gasteiger partial charge in [-0.3, -0.25) is 0 Å². The summed E-state index contributed by atoms with van der Waals surface area (Å²) in [5, 5.41) is 7.61. The minimum atomic E-state index is 1.13. The molecule has 0 aliphatic rings. The lowest BCUT2D eigenvalue weighted by Gasteiger charge is -2.27. The van der Waals surface area contributed by atoms with Gasteiger partial charge in [-0.15, -0.1) is 0 Å². The zero-order valence-electron chi connectivity index (χ0n) is 20.4. The highest BCUT2D eigenvalue weighted by atomic mass is 15.1. The molecule has 174 valence electrons. The van der Waals surface area contributed by atoms with Crippen LogP contribution >= 0.6 is 0 Å². The maximum atomic E-state index is 2.39. The van der Waals surface area contributed by atoms with Crippen LogP contribution in [0.15, 0.2) is 152 Å². The molecule has 7 aromatic rings. The topological polar surface area (TPSA) is 3.24 Å². The molecular weight excluding hydrogens is 446 g/mol. The summed E-state index contributed by atoms with van der Waals surface area (Å²) in [4.78, 5) is 2.39. The second kappa shape index (κ2) is 8.96. The van der Waals surface area contributed by atoms with E-state index in [1.165, 1.54) is 49.1 Å². The molecule has 0 saturated carbocycles. The van der Waals surface area contributed by atoms with Gasteiger partial charge in [0.1, 0.15) is 0 Å². The minimum Gasteiger partial charge on any atom is -0.310 e. The maximum Gasteiger partial charge on any atom is 0.0546 e. The van der Waals surface area contributed by atoms with Crippen LogP contribution in [0.25, 0.3) is 43.4 Å². The zero-order valence-corrected chi connectivity index (χ0v) is 20.4. The molecule has 7 aromatic carbocycles. The molecule has 0 N–H and O–H groups in total. The Balaban J connectivity index is 1.51. The van der Waals surface area contributed by atoms with E-state index in [9.17, 15) is 0 Å². The summed E-state index contributed by atoms with van der Waals surface area (Å²) in [6, 6.07) is 54.4. The van der Waals surface area contributed by atoms with E-state index in [-0.39, 0.29) is 0 Å². The minimum absolute atomic E-state index is 1.13. The van der Waals surface area contributed by atoms with Crippen LogP contribution in [0, 0.1) is 0 Å². The van der Waals surface area contributed by atoms with Gasteiger partial charge in [0.2, 0.25) is 0 Å². The van der Waals surface area contributed by atoms with E-state index in [1.54, 1.807) is 0 Å². The van der Waals surface area contributed by atoms with Crippen molar-refractivity contribution in [1.29, 1.82) is 0 Å². The first-order valence-corrected chi connectivity index (χ1v) is 12.7. The average Bonchev–Trinajstić information content (AvgIpc) is 2.98. The fourth-order valence-corrected chi connectivity index (χ4v) is 5.48. The Morgan fingerprint density at radius 2 is 0.865 bits per heavy atom. The normalized spacial score (nSPS) is 11.2. The summed E-state index contributed by atoms with van der Waals surface area (Å²) >= 11 is 0. The summed E-state index contributed by atoms with van der Waals surface area (Å²) in [5.41, 5.74) is 5.89. The highest BCUT2D eigenvalue weighted by molar-refractivity contribution is 6.24. The number of hydrogen-bond donors (Lipinski definition) is 0. The first-order chi connectivity index (χ1) is 18.4. The monoisotopic (exact) mass is 471 g/mol. The molecule has 37 heavy (non-hydrogen) atoms. The third-order valence-electron chi connectivity index (χ3n) is 7.22.